The number of benzene rings is 2. The summed E-state index contributed by atoms with van der Waals surface area (Å²) in [6, 6.07) is 9.85. The number of aliphatic hydroxyl groups is 1. The molecule has 0 saturated carbocycles. The van der Waals surface area contributed by atoms with E-state index >= 15 is 0 Å². The van der Waals surface area contributed by atoms with Gasteiger partial charge in [-0.05, 0) is 62.1 Å². The Morgan fingerprint density at radius 1 is 1.26 bits per heavy atom. The Labute approximate surface area is 208 Å². The molecule has 0 fully saturated rings. The lowest BCUT2D eigenvalue weighted by Gasteiger charge is -2.30. The fourth-order valence-corrected chi connectivity index (χ4v) is 5.25. The van der Waals surface area contributed by atoms with Crippen molar-refractivity contribution in [1.82, 2.24) is 20.4 Å². The Bertz CT molecular complexity index is 1180. The number of aromatic nitrogens is 2. The molecule has 0 unspecified atom stereocenters. The number of halogens is 1. The standard InChI is InChI=1S/C25H29ClN4O3S/c1-15(2)33-22-7-5-17(12-21(22)26)24-28-29-25(34-24)20-6-4-18-14-30(10-8-19(18)16(20)3)23(32)13-27-9-11-31/h4-7,12,15,27,31H,8-11,13-14H2,1-3H3. The van der Waals surface area contributed by atoms with Gasteiger partial charge in [0.15, 0.2) is 0 Å². The number of amides is 1. The second-order valence-corrected chi connectivity index (χ2v) is 9.95. The van der Waals surface area contributed by atoms with E-state index in [0.717, 1.165) is 27.6 Å². The molecule has 1 amide bonds. The molecule has 7 nitrogen and oxygen atoms in total. The summed E-state index contributed by atoms with van der Waals surface area (Å²) in [5.41, 5.74) is 5.60. The quantitative estimate of drug-likeness (QED) is 0.453. The van der Waals surface area contributed by atoms with Crippen molar-refractivity contribution in [3.63, 3.8) is 0 Å². The van der Waals surface area contributed by atoms with Crippen LogP contribution < -0.4 is 10.1 Å². The van der Waals surface area contributed by atoms with Crippen LogP contribution in [0.25, 0.3) is 21.1 Å². The highest BCUT2D eigenvalue weighted by Gasteiger charge is 2.23. The zero-order valence-corrected chi connectivity index (χ0v) is 21.2. The highest BCUT2D eigenvalue weighted by molar-refractivity contribution is 7.17. The van der Waals surface area contributed by atoms with Crippen molar-refractivity contribution in [2.45, 2.75) is 39.8 Å². The molecule has 1 aliphatic heterocycles. The molecule has 0 aliphatic carbocycles. The number of carbonyl (C=O) groups is 1. The van der Waals surface area contributed by atoms with Gasteiger partial charge in [-0.15, -0.1) is 10.2 Å². The van der Waals surface area contributed by atoms with Crippen LogP contribution in [0, 0.1) is 6.92 Å². The number of nitrogens with one attached hydrogen (secondary N) is 1. The summed E-state index contributed by atoms with van der Waals surface area (Å²) >= 11 is 7.94. The third-order valence-corrected chi connectivity index (χ3v) is 7.10. The summed E-state index contributed by atoms with van der Waals surface area (Å²) in [6.45, 7) is 8.02. The van der Waals surface area contributed by atoms with Crippen LogP contribution in [0.5, 0.6) is 5.75 Å². The number of hydrogen-bond acceptors (Lipinski definition) is 7. The fraction of sp³-hybridized carbons (Fsp3) is 0.400. The molecule has 0 atom stereocenters. The monoisotopic (exact) mass is 500 g/mol. The summed E-state index contributed by atoms with van der Waals surface area (Å²) in [4.78, 5) is 14.3. The van der Waals surface area contributed by atoms with Gasteiger partial charge < -0.3 is 20.1 Å². The molecule has 0 radical (unpaired) electrons. The number of ether oxygens (including phenoxy) is 1. The van der Waals surface area contributed by atoms with Gasteiger partial charge in [0.1, 0.15) is 15.8 Å². The molecular formula is C25H29ClN4O3S. The van der Waals surface area contributed by atoms with Gasteiger partial charge in [0, 0.05) is 30.8 Å². The molecule has 34 heavy (non-hydrogen) atoms. The minimum Gasteiger partial charge on any atom is -0.489 e. The van der Waals surface area contributed by atoms with E-state index in [0.29, 0.717) is 30.4 Å². The third kappa shape index (κ3) is 5.41. The largest absolute Gasteiger partial charge is 0.489 e. The SMILES string of the molecule is Cc1c(-c2nnc(-c3ccc(OC(C)C)c(Cl)c3)s2)ccc2c1CCN(C(=O)CNCCO)C2. The van der Waals surface area contributed by atoms with Gasteiger partial charge in [0.2, 0.25) is 5.91 Å². The van der Waals surface area contributed by atoms with E-state index < -0.39 is 0 Å². The number of aliphatic hydroxyl groups excluding tert-OH is 1. The smallest absolute Gasteiger partial charge is 0.236 e. The molecule has 1 aromatic heterocycles. The minimum absolute atomic E-state index is 0.0241. The average molecular weight is 501 g/mol. The Hall–Kier alpha value is -2.52. The van der Waals surface area contributed by atoms with E-state index in [4.69, 9.17) is 21.4 Å². The lowest BCUT2D eigenvalue weighted by Crippen LogP contribution is -2.41. The fourth-order valence-electron chi connectivity index (χ4n) is 4.10. The summed E-state index contributed by atoms with van der Waals surface area (Å²) < 4.78 is 5.72. The third-order valence-electron chi connectivity index (χ3n) is 5.80. The van der Waals surface area contributed by atoms with Crippen LogP contribution >= 0.6 is 22.9 Å². The molecule has 0 saturated heterocycles. The first kappa shape index (κ1) is 24.6. The summed E-state index contributed by atoms with van der Waals surface area (Å²) in [6.07, 6.45) is 0.857. The second kappa shape index (κ2) is 10.8. The van der Waals surface area contributed by atoms with Crippen molar-refractivity contribution < 1.29 is 14.6 Å². The van der Waals surface area contributed by atoms with Crippen LogP contribution in [0.3, 0.4) is 0 Å². The highest BCUT2D eigenvalue weighted by Crippen LogP contribution is 2.37. The summed E-state index contributed by atoms with van der Waals surface area (Å²) in [7, 11) is 0. The van der Waals surface area contributed by atoms with Crippen molar-refractivity contribution in [3.8, 4) is 26.9 Å². The topological polar surface area (TPSA) is 87.6 Å². The van der Waals surface area contributed by atoms with E-state index in [2.05, 4.69) is 34.6 Å². The molecular weight excluding hydrogens is 472 g/mol. The maximum Gasteiger partial charge on any atom is 0.236 e. The molecule has 3 aromatic rings. The molecule has 4 rings (SSSR count). The Morgan fingerprint density at radius 3 is 2.79 bits per heavy atom. The van der Waals surface area contributed by atoms with Gasteiger partial charge in [0.25, 0.3) is 0 Å². The normalized spacial score (nSPS) is 13.3. The number of carbonyl (C=O) groups excluding carboxylic acids is 1. The summed E-state index contributed by atoms with van der Waals surface area (Å²) in [5, 5.41) is 22.9. The van der Waals surface area contributed by atoms with Gasteiger partial charge in [-0.1, -0.05) is 35.1 Å². The minimum atomic E-state index is 0.0241. The number of rotatable bonds is 8. The Morgan fingerprint density at radius 2 is 2.06 bits per heavy atom. The predicted molar refractivity (Wildman–Crippen MR) is 135 cm³/mol. The van der Waals surface area contributed by atoms with Gasteiger partial charge >= 0.3 is 0 Å². The van der Waals surface area contributed by atoms with Crippen molar-refractivity contribution in [2.24, 2.45) is 0 Å². The highest BCUT2D eigenvalue weighted by atomic mass is 35.5. The predicted octanol–water partition coefficient (Wildman–Crippen LogP) is 4.09. The van der Waals surface area contributed by atoms with Crippen molar-refractivity contribution in [1.29, 1.82) is 0 Å². The van der Waals surface area contributed by atoms with E-state index in [1.54, 1.807) is 0 Å². The molecule has 2 N–H and O–H groups in total. The van der Waals surface area contributed by atoms with E-state index in [1.807, 2.05) is 36.9 Å². The average Bonchev–Trinajstić information content (AvgIpc) is 3.30. The second-order valence-electron chi connectivity index (χ2n) is 8.57. The van der Waals surface area contributed by atoms with Gasteiger partial charge in [-0.3, -0.25) is 4.79 Å². The zero-order chi connectivity index (χ0) is 24.2. The first-order valence-electron chi connectivity index (χ1n) is 11.4. The van der Waals surface area contributed by atoms with Crippen LogP contribution in [0.1, 0.15) is 30.5 Å². The maximum atomic E-state index is 12.4. The first-order chi connectivity index (χ1) is 16.4. The van der Waals surface area contributed by atoms with Gasteiger partial charge in [-0.25, -0.2) is 0 Å². The molecule has 2 aromatic carbocycles. The van der Waals surface area contributed by atoms with Crippen LogP contribution in [-0.2, 0) is 17.8 Å². The lowest BCUT2D eigenvalue weighted by molar-refractivity contribution is -0.131. The maximum absolute atomic E-state index is 12.4. The molecule has 2 heterocycles. The lowest BCUT2D eigenvalue weighted by atomic mass is 9.92. The molecule has 1 aliphatic rings. The van der Waals surface area contributed by atoms with E-state index in [9.17, 15) is 4.79 Å². The van der Waals surface area contributed by atoms with Crippen LogP contribution in [0.4, 0.5) is 0 Å². The molecule has 0 bridgehead atoms. The Balaban J connectivity index is 1.52. The van der Waals surface area contributed by atoms with Crippen molar-refractivity contribution in [3.05, 3.63) is 52.0 Å². The van der Waals surface area contributed by atoms with Crippen LogP contribution in [0.15, 0.2) is 30.3 Å². The molecule has 9 heteroatoms. The van der Waals surface area contributed by atoms with Crippen LogP contribution in [-0.4, -0.2) is 58.5 Å². The number of nitrogens with zero attached hydrogens (tertiary/aromatic N) is 3. The Kier molecular flexibility index (Phi) is 7.83. The number of hydrogen-bond donors (Lipinski definition) is 2. The number of fused-ring (bicyclic) bond motifs is 1. The first-order valence-corrected chi connectivity index (χ1v) is 12.6. The molecule has 0 spiro atoms. The summed E-state index contributed by atoms with van der Waals surface area (Å²) in [5.74, 6) is 0.713. The van der Waals surface area contributed by atoms with E-state index in [1.165, 1.54) is 28.0 Å². The van der Waals surface area contributed by atoms with Gasteiger partial charge in [-0.2, -0.15) is 0 Å². The van der Waals surface area contributed by atoms with Crippen molar-refractivity contribution >= 4 is 28.8 Å². The molecule has 180 valence electrons. The van der Waals surface area contributed by atoms with E-state index in [-0.39, 0.29) is 25.2 Å². The van der Waals surface area contributed by atoms with Crippen LogP contribution in [0.2, 0.25) is 5.02 Å². The zero-order valence-electron chi connectivity index (χ0n) is 19.6. The van der Waals surface area contributed by atoms with Gasteiger partial charge in [0.05, 0.1) is 24.3 Å². The van der Waals surface area contributed by atoms with Crippen molar-refractivity contribution in [2.75, 3.05) is 26.2 Å².